The van der Waals surface area contributed by atoms with E-state index in [-0.39, 0.29) is 10.6 Å². The fraction of sp³-hybridized carbons (Fsp3) is 0.0909. The third-order valence-electron chi connectivity index (χ3n) is 4.23. The molecular weight excluding hydrogens is 438 g/mol. The Hall–Kier alpha value is -3.36. The van der Waals surface area contributed by atoms with Crippen LogP contribution in [0, 0.1) is 0 Å². The zero-order chi connectivity index (χ0) is 22.3. The van der Waals surface area contributed by atoms with Crippen LogP contribution < -0.4 is 14.5 Å². The van der Waals surface area contributed by atoms with Crippen LogP contribution in [0.25, 0.3) is 0 Å². The number of sulfonamides is 1. The third kappa shape index (κ3) is 5.84. The molecule has 31 heavy (non-hydrogen) atoms. The molecule has 0 aliphatic heterocycles. The van der Waals surface area contributed by atoms with Gasteiger partial charge in [0, 0.05) is 5.02 Å². The van der Waals surface area contributed by atoms with Crippen LogP contribution in [0.2, 0.25) is 5.02 Å². The molecule has 3 aromatic rings. The van der Waals surface area contributed by atoms with Crippen molar-refractivity contribution in [3.8, 4) is 5.75 Å². The fourth-order valence-electron chi connectivity index (χ4n) is 2.70. The lowest BCUT2D eigenvalue weighted by atomic mass is 10.2. The Morgan fingerprint density at radius 1 is 1.06 bits per heavy atom. The Kier molecular flexibility index (Phi) is 7.28. The normalized spacial score (nSPS) is 11.3. The van der Waals surface area contributed by atoms with Gasteiger partial charge in [-0.25, -0.2) is 13.8 Å². The number of nitrogens with one attached hydrogen (secondary N) is 1. The summed E-state index contributed by atoms with van der Waals surface area (Å²) in [5, 5.41) is 4.25. The number of methoxy groups -OCH3 is 1. The summed E-state index contributed by atoms with van der Waals surface area (Å²) in [7, 11) is -2.43. The number of nitrogens with zero attached hydrogens (tertiary/aromatic N) is 2. The van der Waals surface area contributed by atoms with Crippen molar-refractivity contribution < 1.29 is 17.9 Å². The lowest BCUT2D eigenvalue weighted by molar-refractivity contribution is -0.119. The van der Waals surface area contributed by atoms with E-state index in [1.165, 1.54) is 24.4 Å². The molecule has 0 saturated carbocycles. The van der Waals surface area contributed by atoms with Crippen molar-refractivity contribution in [1.29, 1.82) is 0 Å². The number of benzene rings is 3. The Balaban J connectivity index is 1.79. The lowest BCUT2D eigenvalue weighted by Crippen LogP contribution is -2.39. The first-order valence-electron chi connectivity index (χ1n) is 9.19. The summed E-state index contributed by atoms with van der Waals surface area (Å²) in [6, 6.07) is 21.2. The van der Waals surface area contributed by atoms with E-state index in [1.807, 2.05) is 0 Å². The molecule has 0 atom stereocenters. The Bertz CT molecular complexity index is 1170. The number of hydrogen-bond donors (Lipinski definition) is 1. The molecule has 0 heterocycles. The third-order valence-corrected chi connectivity index (χ3v) is 6.26. The van der Waals surface area contributed by atoms with Gasteiger partial charge in [-0.15, -0.1) is 0 Å². The van der Waals surface area contributed by atoms with E-state index in [0.29, 0.717) is 10.8 Å². The van der Waals surface area contributed by atoms with Gasteiger partial charge in [0.25, 0.3) is 15.9 Å². The number of anilines is 1. The number of rotatable bonds is 8. The van der Waals surface area contributed by atoms with Crippen LogP contribution in [-0.2, 0) is 14.8 Å². The zero-order valence-electron chi connectivity index (χ0n) is 16.6. The molecule has 1 amide bonds. The molecule has 3 rings (SSSR count). The summed E-state index contributed by atoms with van der Waals surface area (Å²) in [4.78, 5) is 12.6. The summed E-state index contributed by atoms with van der Waals surface area (Å²) < 4.78 is 32.5. The average Bonchev–Trinajstić information content (AvgIpc) is 2.78. The number of ether oxygens (including phenoxy) is 1. The molecule has 0 spiro atoms. The lowest BCUT2D eigenvalue weighted by Gasteiger charge is -2.23. The Morgan fingerprint density at radius 3 is 2.42 bits per heavy atom. The highest BCUT2D eigenvalue weighted by molar-refractivity contribution is 7.92. The van der Waals surface area contributed by atoms with E-state index in [2.05, 4.69) is 10.5 Å². The predicted molar refractivity (Wildman–Crippen MR) is 121 cm³/mol. The van der Waals surface area contributed by atoms with Gasteiger partial charge in [-0.1, -0.05) is 35.9 Å². The molecule has 0 radical (unpaired) electrons. The number of carbonyl (C=O) groups excluding carboxylic acids is 1. The molecule has 0 aromatic heterocycles. The van der Waals surface area contributed by atoms with E-state index < -0.39 is 22.5 Å². The zero-order valence-corrected chi connectivity index (χ0v) is 18.2. The van der Waals surface area contributed by atoms with Crippen LogP contribution in [0.1, 0.15) is 5.56 Å². The minimum Gasteiger partial charge on any atom is -0.497 e. The highest BCUT2D eigenvalue weighted by Gasteiger charge is 2.27. The Morgan fingerprint density at radius 2 is 1.77 bits per heavy atom. The highest BCUT2D eigenvalue weighted by Crippen LogP contribution is 2.25. The van der Waals surface area contributed by atoms with E-state index in [4.69, 9.17) is 16.3 Å². The molecule has 0 aliphatic rings. The maximum absolute atomic E-state index is 13.2. The Labute approximate surface area is 186 Å². The van der Waals surface area contributed by atoms with Crippen molar-refractivity contribution in [2.24, 2.45) is 5.10 Å². The van der Waals surface area contributed by atoms with Gasteiger partial charge in [0.15, 0.2) is 0 Å². The molecule has 9 heteroatoms. The summed E-state index contributed by atoms with van der Waals surface area (Å²) >= 11 is 6.04. The van der Waals surface area contributed by atoms with E-state index in [0.717, 1.165) is 9.87 Å². The molecule has 0 fully saturated rings. The molecule has 0 unspecified atom stereocenters. The molecule has 7 nitrogen and oxygen atoms in total. The van der Waals surface area contributed by atoms with Crippen LogP contribution in [-0.4, -0.2) is 34.2 Å². The van der Waals surface area contributed by atoms with Gasteiger partial charge in [-0.3, -0.25) is 9.10 Å². The van der Waals surface area contributed by atoms with Crippen molar-refractivity contribution in [3.63, 3.8) is 0 Å². The van der Waals surface area contributed by atoms with Crippen LogP contribution >= 0.6 is 11.6 Å². The molecule has 0 aliphatic carbocycles. The standard InChI is InChI=1S/C22H20ClN3O4S/c1-30-20-12-10-17(11-13-20)15-24-25-22(27)16-26(19-7-5-6-18(23)14-19)31(28,29)21-8-3-2-4-9-21/h2-15H,16H2,1H3,(H,25,27)/b24-15+. The quantitative estimate of drug-likeness (QED) is 0.412. The first kappa shape index (κ1) is 22.3. The second kappa shape index (κ2) is 10.1. The van der Waals surface area contributed by atoms with Gasteiger partial charge in [-0.05, 0) is 60.2 Å². The van der Waals surface area contributed by atoms with Crippen LogP contribution in [0.4, 0.5) is 5.69 Å². The van der Waals surface area contributed by atoms with Gasteiger partial charge < -0.3 is 4.74 Å². The van der Waals surface area contributed by atoms with Crippen molar-refractivity contribution in [1.82, 2.24) is 5.43 Å². The molecule has 0 bridgehead atoms. The van der Waals surface area contributed by atoms with E-state index in [9.17, 15) is 13.2 Å². The molecular formula is C22H20ClN3O4S. The number of carbonyl (C=O) groups is 1. The van der Waals surface area contributed by atoms with Gasteiger partial charge in [-0.2, -0.15) is 5.10 Å². The SMILES string of the molecule is COc1ccc(/C=N/NC(=O)CN(c2cccc(Cl)c2)S(=O)(=O)c2ccccc2)cc1. The molecule has 160 valence electrons. The van der Waals surface area contributed by atoms with Gasteiger partial charge in [0.2, 0.25) is 0 Å². The second-order valence-corrected chi connectivity index (χ2v) is 8.67. The van der Waals surface area contributed by atoms with Crippen LogP contribution in [0.5, 0.6) is 5.75 Å². The topological polar surface area (TPSA) is 88.1 Å². The molecule has 1 N–H and O–H groups in total. The average molecular weight is 458 g/mol. The summed E-state index contributed by atoms with van der Waals surface area (Å²) in [6.07, 6.45) is 1.45. The first-order valence-corrected chi connectivity index (χ1v) is 11.0. The largest absolute Gasteiger partial charge is 0.497 e. The monoisotopic (exact) mass is 457 g/mol. The summed E-state index contributed by atoms with van der Waals surface area (Å²) in [5.41, 5.74) is 3.37. The van der Waals surface area contributed by atoms with Crippen molar-refractivity contribution >= 4 is 39.4 Å². The predicted octanol–water partition coefficient (Wildman–Crippen LogP) is 3.69. The maximum Gasteiger partial charge on any atom is 0.264 e. The van der Waals surface area contributed by atoms with Gasteiger partial charge in [0.05, 0.1) is 23.9 Å². The maximum atomic E-state index is 13.2. The number of hydrogen-bond acceptors (Lipinski definition) is 5. The smallest absolute Gasteiger partial charge is 0.264 e. The minimum absolute atomic E-state index is 0.0597. The van der Waals surface area contributed by atoms with Gasteiger partial charge >= 0.3 is 0 Å². The van der Waals surface area contributed by atoms with Gasteiger partial charge in [0.1, 0.15) is 12.3 Å². The minimum atomic E-state index is -4.00. The molecule has 3 aromatic carbocycles. The van der Waals surface area contributed by atoms with Crippen molar-refractivity contribution in [2.45, 2.75) is 4.90 Å². The molecule has 0 saturated heterocycles. The van der Waals surface area contributed by atoms with E-state index >= 15 is 0 Å². The van der Waals surface area contributed by atoms with Crippen LogP contribution in [0.3, 0.4) is 0 Å². The fourth-order valence-corrected chi connectivity index (χ4v) is 4.32. The highest BCUT2D eigenvalue weighted by atomic mass is 35.5. The van der Waals surface area contributed by atoms with E-state index in [1.54, 1.807) is 67.8 Å². The number of amides is 1. The number of halogens is 1. The second-order valence-electron chi connectivity index (χ2n) is 6.37. The van der Waals surface area contributed by atoms with Crippen molar-refractivity contribution in [3.05, 3.63) is 89.4 Å². The van der Waals surface area contributed by atoms with Crippen LogP contribution in [0.15, 0.2) is 88.9 Å². The first-order chi connectivity index (χ1) is 14.9. The number of hydrazone groups is 1. The summed E-state index contributed by atoms with van der Waals surface area (Å²) in [5.74, 6) is 0.0914. The van der Waals surface area contributed by atoms with Crippen molar-refractivity contribution in [2.75, 3.05) is 18.0 Å². The summed E-state index contributed by atoms with van der Waals surface area (Å²) in [6.45, 7) is -0.475.